The summed E-state index contributed by atoms with van der Waals surface area (Å²) in [5, 5.41) is 2.31. The van der Waals surface area contributed by atoms with Gasteiger partial charge >= 0.3 is 0 Å². The van der Waals surface area contributed by atoms with Gasteiger partial charge in [-0.3, -0.25) is 0 Å². The van der Waals surface area contributed by atoms with E-state index in [4.69, 9.17) is 9.40 Å². The van der Waals surface area contributed by atoms with Crippen LogP contribution in [0.1, 0.15) is 62.8 Å². The number of benzene rings is 2. The zero-order chi connectivity index (χ0) is 26.1. The summed E-state index contributed by atoms with van der Waals surface area (Å²) in [4.78, 5) is 5.01. The second-order valence-corrected chi connectivity index (χ2v) is 12.0. The van der Waals surface area contributed by atoms with E-state index in [9.17, 15) is 0 Å². The highest BCUT2D eigenvalue weighted by atomic mass is 16.3. The SMILES string of the molecule is Cc1cc[n+](C)c(-c2c(C)ccc3c2oc2ncc4c(c23)-c2ccccc2C4(CC(C)C)CC(C)C)c1. The fourth-order valence-electron chi connectivity index (χ4n) is 6.97. The van der Waals surface area contributed by atoms with Crippen molar-refractivity contribution in [3.8, 4) is 22.4 Å². The fourth-order valence-corrected chi connectivity index (χ4v) is 6.97. The summed E-state index contributed by atoms with van der Waals surface area (Å²) in [5.74, 6) is 1.15. The van der Waals surface area contributed by atoms with E-state index < -0.39 is 0 Å². The van der Waals surface area contributed by atoms with E-state index in [2.05, 4.69) is 114 Å². The molecule has 0 saturated carbocycles. The molecule has 0 unspecified atom stereocenters. The Hall–Kier alpha value is -3.46. The quantitative estimate of drug-likeness (QED) is 0.232. The Bertz CT molecular complexity index is 1660. The van der Waals surface area contributed by atoms with Crippen LogP contribution < -0.4 is 4.57 Å². The third-order valence-electron chi connectivity index (χ3n) is 8.18. The number of nitrogens with zero attached hydrogens (tertiary/aromatic N) is 2. The standard InChI is InChI=1S/C34H37N2O/c1-20(2)17-34(18-21(3)4)26-11-9-8-10-24(26)30-27(34)19-35-33-31(30)25-13-12-23(6)29(32(25)37-33)28-16-22(5)14-15-36(28)7/h8-16,19-21H,17-18H2,1-7H3/q+1. The normalized spacial score (nSPS) is 14.2. The minimum atomic E-state index is -0.0322. The van der Waals surface area contributed by atoms with Gasteiger partial charge in [0, 0.05) is 34.7 Å². The lowest BCUT2D eigenvalue weighted by molar-refractivity contribution is -0.660. The predicted molar refractivity (Wildman–Crippen MR) is 153 cm³/mol. The smallest absolute Gasteiger partial charge is 0.227 e. The minimum Gasteiger partial charge on any atom is -0.437 e. The molecule has 0 bridgehead atoms. The Kier molecular flexibility index (Phi) is 5.52. The molecule has 5 aromatic rings. The lowest BCUT2D eigenvalue weighted by atomic mass is 9.68. The van der Waals surface area contributed by atoms with Gasteiger partial charge < -0.3 is 4.42 Å². The van der Waals surface area contributed by atoms with Gasteiger partial charge in [-0.2, -0.15) is 0 Å². The van der Waals surface area contributed by atoms with Crippen molar-refractivity contribution in [2.75, 3.05) is 0 Å². The summed E-state index contributed by atoms with van der Waals surface area (Å²) in [6.07, 6.45) is 6.48. The van der Waals surface area contributed by atoms with Crippen LogP contribution in [0.5, 0.6) is 0 Å². The average Bonchev–Trinajstić information content (AvgIpc) is 3.34. The maximum atomic E-state index is 6.66. The number of hydrogen-bond acceptors (Lipinski definition) is 2. The summed E-state index contributed by atoms with van der Waals surface area (Å²) < 4.78 is 8.85. The molecule has 1 aliphatic rings. The molecule has 0 spiro atoms. The number of hydrogen-bond donors (Lipinski definition) is 0. The van der Waals surface area contributed by atoms with Crippen molar-refractivity contribution in [2.45, 2.75) is 59.8 Å². The molecule has 0 radical (unpaired) electrons. The first kappa shape index (κ1) is 23.9. The molecule has 2 aromatic carbocycles. The molecule has 0 atom stereocenters. The van der Waals surface area contributed by atoms with E-state index in [1.807, 2.05) is 0 Å². The Labute approximate surface area is 220 Å². The lowest BCUT2D eigenvalue weighted by Gasteiger charge is -2.35. The molecule has 3 heteroatoms. The van der Waals surface area contributed by atoms with Gasteiger partial charge in [-0.05, 0) is 66.3 Å². The van der Waals surface area contributed by atoms with Crippen LogP contribution in [-0.4, -0.2) is 4.98 Å². The first-order valence-corrected chi connectivity index (χ1v) is 13.6. The van der Waals surface area contributed by atoms with Crippen molar-refractivity contribution in [3.63, 3.8) is 0 Å². The molecule has 3 nitrogen and oxygen atoms in total. The Balaban J connectivity index is 1.73. The highest BCUT2D eigenvalue weighted by Gasteiger charge is 2.45. The minimum absolute atomic E-state index is 0.0322. The summed E-state index contributed by atoms with van der Waals surface area (Å²) in [5.41, 5.74) is 11.9. The second-order valence-electron chi connectivity index (χ2n) is 12.0. The number of aromatic nitrogens is 2. The highest BCUT2D eigenvalue weighted by Crippen LogP contribution is 2.57. The van der Waals surface area contributed by atoms with Gasteiger partial charge in [0.15, 0.2) is 11.8 Å². The third kappa shape index (κ3) is 3.54. The Morgan fingerprint density at radius 3 is 2.35 bits per heavy atom. The largest absolute Gasteiger partial charge is 0.437 e. The molecule has 0 aliphatic heterocycles. The van der Waals surface area contributed by atoms with E-state index in [0.29, 0.717) is 11.8 Å². The van der Waals surface area contributed by atoms with Gasteiger partial charge in [0.1, 0.15) is 7.05 Å². The number of aryl methyl sites for hydroxylation is 3. The molecule has 0 saturated heterocycles. The van der Waals surface area contributed by atoms with Crippen molar-refractivity contribution in [3.05, 3.63) is 83.2 Å². The van der Waals surface area contributed by atoms with E-state index >= 15 is 0 Å². The number of rotatable bonds is 5. The van der Waals surface area contributed by atoms with Crippen molar-refractivity contribution >= 4 is 22.1 Å². The second kappa shape index (κ2) is 8.55. The number of pyridine rings is 2. The number of furan rings is 1. The van der Waals surface area contributed by atoms with Crippen LogP contribution in [0.2, 0.25) is 0 Å². The molecule has 188 valence electrons. The number of fused-ring (bicyclic) bond motifs is 7. The summed E-state index contributed by atoms with van der Waals surface area (Å²) in [7, 11) is 2.11. The first-order valence-electron chi connectivity index (χ1n) is 13.6. The predicted octanol–water partition coefficient (Wildman–Crippen LogP) is 8.45. The molecular weight excluding hydrogens is 452 g/mol. The molecule has 6 rings (SSSR count). The van der Waals surface area contributed by atoms with Gasteiger partial charge in [0.2, 0.25) is 11.4 Å². The van der Waals surface area contributed by atoms with Gasteiger partial charge in [0.25, 0.3) is 0 Å². The van der Waals surface area contributed by atoms with E-state index in [-0.39, 0.29) is 5.41 Å². The van der Waals surface area contributed by atoms with Crippen LogP contribution >= 0.6 is 0 Å². The molecule has 3 aromatic heterocycles. The zero-order valence-electron chi connectivity index (χ0n) is 23.1. The van der Waals surface area contributed by atoms with E-state index in [1.54, 1.807) is 0 Å². The van der Waals surface area contributed by atoms with Crippen molar-refractivity contribution < 1.29 is 8.98 Å². The van der Waals surface area contributed by atoms with Crippen LogP contribution in [-0.2, 0) is 12.5 Å². The average molecular weight is 490 g/mol. The van der Waals surface area contributed by atoms with Crippen LogP contribution in [0.4, 0.5) is 0 Å². The molecule has 0 N–H and O–H groups in total. The monoisotopic (exact) mass is 489 g/mol. The summed E-state index contributed by atoms with van der Waals surface area (Å²) in [6, 6.07) is 17.9. The van der Waals surface area contributed by atoms with Gasteiger partial charge in [0.05, 0.1) is 10.9 Å². The molecule has 0 fully saturated rings. The highest BCUT2D eigenvalue weighted by molar-refractivity contribution is 6.16. The fraction of sp³-hybridized carbons (Fsp3) is 0.353. The van der Waals surface area contributed by atoms with Crippen molar-refractivity contribution in [1.82, 2.24) is 4.98 Å². The van der Waals surface area contributed by atoms with Gasteiger partial charge in [-0.15, -0.1) is 0 Å². The van der Waals surface area contributed by atoms with Crippen LogP contribution in [0.3, 0.4) is 0 Å². The third-order valence-corrected chi connectivity index (χ3v) is 8.18. The maximum absolute atomic E-state index is 6.66. The van der Waals surface area contributed by atoms with Gasteiger partial charge in [-0.1, -0.05) is 64.1 Å². The Morgan fingerprint density at radius 1 is 0.892 bits per heavy atom. The maximum Gasteiger partial charge on any atom is 0.227 e. The molecule has 3 heterocycles. The van der Waals surface area contributed by atoms with Crippen LogP contribution in [0.25, 0.3) is 44.5 Å². The summed E-state index contributed by atoms with van der Waals surface area (Å²) in [6.45, 7) is 13.7. The van der Waals surface area contributed by atoms with E-state index in [1.165, 1.54) is 33.4 Å². The summed E-state index contributed by atoms with van der Waals surface area (Å²) >= 11 is 0. The van der Waals surface area contributed by atoms with Gasteiger partial charge in [-0.25, -0.2) is 9.55 Å². The Morgan fingerprint density at radius 2 is 1.62 bits per heavy atom. The van der Waals surface area contributed by atoms with E-state index in [0.717, 1.165) is 46.2 Å². The molecule has 1 aliphatic carbocycles. The first-order chi connectivity index (χ1) is 17.7. The van der Waals surface area contributed by atoms with Crippen molar-refractivity contribution in [1.29, 1.82) is 0 Å². The lowest BCUT2D eigenvalue weighted by Crippen LogP contribution is -2.30. The van der Waals surface area contributed by atoms with Crippen LogP contribution in [0.15, 0.2) is 65.3 Å². The van der Waals surface area contributed by atoms with Crippen molar-refractivity contribution in [2.24, 2.45) is 18.9 Å². The topological polar surface area (TPSA) is 29.9 Å². The molecule has 37 heavy (non-hydrogen) atoms. The van der Waals surface area contributed by atoms with Crippen LogP contribution in [0, 0.1) is 25.7 Å². The molecule has 0 amide bonds. The zero-order valence-corrected chi connectivity index (χ0v) is 23.1. The molecular formula is C34H37N2O+.